The Labute approximate surface area is 114 Å². The molecule has 0 radical (unpaired) electrons. The fourth-order valence-corrected chi connectivity index (χ4v) is 2.41. The highest BCUT2D eigenvalue weighted by Gasteiger charge is 2.11. The second-order valence-electron chi connectivity index (χ2n) is 4.01. The summed E-state index contributed by atoms with van der Waals surface area (Å²) in [6.07, 6.45) is 0.714. The predicted molar refractivity (Wildman–Crippen MR) is 76.0 cm³/mol. The standard InChI is InChI=1S/C13H18N2O3S/c1-3-8-14-19(17,18)15-13-10-11(2)6-7-12(13)5-4-9-16/h6-7,10,14-16H,3,8-9H2,1-2H3. The van der Waals surface area contributed by atoms with Crippen molar-refractivity contribution in [1.82, 2.24) is 4.72 Å². The van der Waals surface area contributed by atoms with Gasteiger partial charge in [0.1, 0.15) is 6.61 Å². The van der Waals surface area contributed by atoms with E-state index < -0.39 is 10.2 Å². The SMILES string of the molecule is CCCNS(=O)(=O)Nc1cc(C)ccc1C#CCO. The molecule has 0 spiro atoms. The summed E-state index contributed by atoms with van der Waals surface area (Å²) >= 11 is 0. The van der Waals surface area contributed by atoms with E-state index >= 15 is 0 Å². The lowest BCUT2D eigenvalue weighted by atomic mass is 10.1. The Kier molecular flexibility index (Phi) is 5.83. The van der Waals surface area contributed by atoms with E-state index in [0.717, 1.165) is 5.56 Å². The van der Waals surface area contributed by atoms with E-state index in [2.05, 4.69) is 21.3 Å². The first-order valence-electron chi connectivity index (χ1n) is 5.96. The summed E-state index contributed by atoms with van der Waals surface area (Å²) in [7, 11) is -3.59. The largest absolute Gasteiger partial charge is 0.384 e. The van der Waals surface area contributed by atoms with Crippen molar-refractivity contribution in [2.45, 2.75) is 20.3 Å². The normalized spacial score (nSPS) is 10.7. The van der Waals surface area contributed by atoms with Gasteiger partial charge < -0.3 is 5.11 Å². The van der Waals surface area contributed by atoms with Crippen molar-refractivity contribution < 1.29 is 13.5 Å². The summed E-state index contributed by atoms with van der Waals surface area (Å²) in [6.45, 7) is 3.85. The minimum Gasteiger partial charge on any atom is -0.384 e. The molecule has 0 saturated heterocycles. The molecular formula is C13H18N2O3S. The fraction of sp³-hybridized carbons (Fsp3) is 0.385. The van der Waals surface area contributed by atoms with Gasteiger partial charge in [-0.15, -0.1) is 0 Å². The summed E-state index contributed by atoms with van der Waals surface area (Å²) < 4.78 is 28.4. The lowest BCUT2D eigenvalue weighted by Crippen LogP contribution is -2.30. The number of nitrogens with one attached hydrogen (secondary N) is 2. The Balaban J connectivity index is 3.02. The van der Waals surface area contributed by atoms with Crippen LogP contribution in [0.1, 0.15) is 24.5 Å². The van der Waals surface area contributed by atoms with Gasteiger partial charge >= 0.3 is 0 Å². The van der Waals surface area contributed by atoms with E-state index in [1.54, 1.807) is 12.1 Å². The lowest BCUT2D eigenvalue weighted by Gasteiger charge is -2.11. The number of hydrogen-bond donors (Lipinski definition) is 3. The summed E-state index contributed by atoms with van der Waals surface area (Å²) in [5, 5.41) is 8.70. The predicted octanol–water partition coefficient (Wildman–Crippen LogP) is 0.995. The van der Waals surface area contributed by atoms with Crippen LogP contribution in [0.15, 0.2) is 18.2 Å². The number of aryl methyl sites for hydroxylation is 1. The highest BCUT2D eigenvalue weighted by molar-refractivity contribution is 7.90. The average molecular weight is 282 g/mol. The van der Waals surface area contributed by atoms with Crippen molar-refractivity contribution in [3.63, 3.8) is 0 Å². The molecule has 1 aromatic carbocycles. The molecule has 19 heavy (non-hydrogen) atoms. The topological polar surface area (TPSA) is 78.4 Å². The van der Waals surface area contributed by atoms with Crippen molar-refractivity contribution in [3.8, 4) is 11.8 Å². The molecule has 1 rings (SSSR count). The Morgan fingerprint density at radius 2 is 2.11 bits per heavy atom. The van der Waals surface area contributed by atoms with E-state index in [1.807, 2.05) is 19.9 Å². The monoisotopic (exact) mass is 282 g/mol. The highest BCUT2D eigenvalue weighted by Crippen LogP contribution is 2.17. The van der Waals surface area contributed by atoms with Crippen LogP contribution >= 0.6 is 0 Å². The van der Waals surface area contributed by atoms with Crippen molar-refractivity contribution in [1.29, 1.82) is 0 Å². The van der Waals surface area contributed by atoms with E-state index in [-0.39, 0.29) is 6.61 Å². The van der Waals surface area contributed by atoms with Crippen LogP contribution in [0.3, 0.4) is 0 Å². The van der Waals surface area contributed by atoms with Crippen LogP contribution in [0.5, 0.6) is 0 Å². The van der Waals surface area contributed by atoms with Gasteiger partial charge in [0.05, 0.1) is 5.69 Å². The molecule has 0 bridgehead atoms. The second-order valence-corrected chi connectivity index (χ2v) is 5.51. The molecule has 0 atom stereocenters. The van der Waals surface area contributed by atoms with Gasteiger partial charge in [-0.05, 0) is 31.0 Å². The highest BCUT2D eigenvalue weighted by atomic mass is 32.2. The van der Waals surface area contributed by atoms with Crippen LogP contribution in [-0.4, -0.2) is 26.7 Å². The average Bonchev–Trinajstić information content (AvgIpc) is 2.35. The molecule has 0 unspecified atom stereocenters. The summed E-state index contributed by atoms with van der Waals surface area (Å²) in [5.41, 5.74) is 1.86. The summed E-state index contributed by atoms with van der Waals surface area (Å²) in [5.74, 6) is 5.22. The zero-order chi connectivity index (χ0) is 14.3. The summed E-state index contributed by atoms with van der Waals surface area (Å²) in [4.78, 5) is 0. The zero-order valence-electron chi connectivity index (χ0n) is 11.0. The van der Waals surface area contributed by atoms with Gasteiger partial charge in [0.2, 0.25) is 0 Å². The number of aliphatic hydroxyl groups is 1. The van der Waals surface area contributed by atoms with Gasteiger partial charge in [0, 0.05) is 12.1 Å². The third-order valence-corrected chi connectivity index (χ3v) is 3.34. The second kappa shape index (κ2) is 7.14. The molecule has 0 aromatic heterocycles. The molecule has 0 amide bonds. The van der Waals surface area contributed by atoms with Gasteiger partial charge in [-0.2, -0.15) is 13.1 Å². The van der Waals surface area contributed by atoms with Gasteiger partial charge in [0.25, 0.3) is 10.2 Å². The molecule has 5 nitrogen and oxygen atoms in total. The van der Waals surface area contributed by atoms with Crippen LogP contribution in [-0.2, 0) is 10.2 Å². The van der Waals surface area contributed by atoms with Crippen molar-refractivity contribution >= 4 is 15.9 Å². The van der Waals surface area contributed by atoms with Gasteiger partial charge in [-0.25, -0.2) is 0 Å². The Hall–Kier alpha value is -1.55. The molecule has 0 aliphatic heterocycles. The first kappa shape index (κ1) is 15.5. The molecule has 0 aliphatic carbocycles. The van der Waals surface area contributed by atoms with Crippen LogP contribution < -0.4 is 9.44 Å². The number of anilines is 1. The van der Waals surface area contributed by atoms with E-state index in [0.29, 0.717) is 24.2 Å². The maximum atomic E-state index is 11.8. The van der Waals surface area contributed by atoms with Crippen LogP contribution in [0.4, 0.5) is 5.69 Å². The minimum atomic E-state index is -3.59. The Bertz CT molecular complexity index is 586. The van der Waals surface area contributed by atoms with E-state index in [1.165, 1.54) is 0 Å². The Morgan fingerprint density at radius 1 is 1.37 bits per heavy atom. The van der Waals surface area contributed by atoms with Crippen molar-refractivity contribution in [3.05, 3.63) is 29.3 Å². The number of aliphatic hydroxyl groups excluding tert-OH is 1. The molecular weight excluding hydrogens is 264 g/mol. The molecule has 0 fully saturated rings. The number of benzene rings is 1. The molecule has 0 heterocycles. The smallest absolute Gasteiger partial charge is 0.299 e. The third-order valence-electron chi connectivity index (χ3n) is 2.26. The van der Waals surface area contributed by atoms with Gasteiger partial charge in [-0.1, -0.05) is 24.8 Å². The van der Waals surface area contributed by atoms with E-state index in [9.17, 15) is 8.42 Å². The molecule has 1 aromatic rings. The maximum Gasteiger partial charge on any atom is 0.299 e. The quantitative estimate of drug-likeness (QED) is 0.705. The molecule has 0 saturated carbocycles. The molecule has 6 heteroatoms. The van der Waals surface area contributed by atoms with Crippen LogP contribution in [0.2, 0.25) is 0 Å². The lowest BCUT2D eigenvalue weighted by molar-refractivity contribution is 0.350. The third kappa shape index (κ3) is 5.30. The maximum absolute atomic E-state index is 11.8. The fourth-order valence-electron chi connectivity index (χ4n) is 1.40. The number of rotatable bonds is 5. The molecule has 104 valence electrons. The minimum absolute atomic E-state index is 0.270. The van der Waals surface area contributed by atoms with E-state index in [4.69, 9.17) is 5.11 Å². The zero-order valence-corrected chi connectivity index (χ0v) is 11.8. The summed E-state index contributed by atoms with van der Waals surface area (Å²) in [6, 6.07) is 5.25. The van der Waals surface area contributed by atoms with Crippen LogP contribution in [0.25, 0.3) is 0 Å². The van der Waals surface area contributed by atoms with Crippen molar-refractivity contribution in [2.24, 2.45) is 0 Å². The van der Waals surface area contributed by atoms with Gasteiger partial charge in [0.15, 0.2) is 0 Å². The first-order chi connectivity index (χ1) is 8.98. The Morgan fingerprint density at radius 3 is 2.74 bits per heavy atom. The van der Waals surface area contributed by atoms with Crippen molar-refractivity contribution in [2.75, 3.05) is 17.9 Å². The van der Waals surface area contributed by atoms with Crippen LogP contribution in [0, 0.1) is 18.8 Å². The first-order valence-corrected chi connectivity index (χ1v) is 7.44. The number of hydrogen-bond acceptors (Lipinski definition) is 3. The van der Waals surface area contributed by atoms with Gasteiger partial charge in [-0.3, -0.25) is 4.72 Å². The molecule has 0 aliphatic rings. The molecule has 3 N–H and O–H groups in total.